The molecule has 2 nitrogen and oxygen atoms in total. The summed E-state index contributed by atoms with van der Waals surface area (Å²) < 4.78 is 2.64. The molecule has 55 heavy (non-hydrogen) atoms. The van der Waals surface area contributed by atoms with Crippen LogP contribution in [0.25, 0.3) is 87.1 Å². The molecule has 0 amide bonds. The molecule has 2 heterocycles. The van der Waals surface area contributed by atoms with E-state index in [4.69, 9.17) is 9.97 Å². The molecule has 0 bridgehead atoms. The van der Waals surface area contributed by atoms with Crippen molar-refractivity contribution >= 4 is 42.3 Å². The molecule has 0 fully saturated rings. The first-order valence-corrected chi connectivity index (χ1v) is 19.6. The number of aromatic nitrogens is 2. The van der Waals surface area contributed by atoms with Crippen LogP contribution in [0.4, 0.5) is 0 Å². The van der Waals surface area contributed by atoms with Crippen molar-refractivity contribution in [3.05, 3.63) is 205 Å². The van der Waals surface area contributed by atoms with Gasteiger partial charge in [0.2, 0.25) is 0 Å². The SMILES string of the molecule is CC1(c2ccccc2)c2ccccc2-c2cc(-c3cc(-c4ccc(-c5cccc6c5sc5ccccc56)cc4)nc(-c4ccc5ccccc5c4)n3)ccc21. The van der Waals surface area contributed by atoms with Gasteiger partial charge in [0.25, 0.3) is 0 Å². The number of hydrogen-bond donors (Lipinski definition) is 0. The third-order valence-corrected chi connectivity index (χ3v) is 12.8. The van der Waals surface area contributed by atoms with Gasteiger partial charge in [-0.2, -0.15) is 0 Å². The highest BCUT2D eigenvalue weighted by molar-refractivity contribution is 7.26. The molecule has 0 spiro atoms. The summed E-state index contributed by atoms with van der Waals surface area (Å²) in [6.07, 6.45) is 0. The summed E-state index contributed by atoms with van der Waals surface area (Å²) >= 11 is 1.87. The maximum atomic E-state index is 5.29. The van der Waals surface area contributed by atoms with E-state index >= 15 is 0 Å². The van der Waals surface area contributed by atoms with Gasteiger partial charge in [-0.05, 0) is 80.9 Å². The summed E-state index contributed by atoms with van der Waals surface area (Å²) in [7, 11) is 0. The standard InChI is InChI=1S/C52H34N2S/c1-52(39-14-3-2-4-15-39)45-20-9-7-16-41(45)44-31-37(28-29-46(44)52)48-32-47(53-51(54-48)38-27-22-33-12-5-6-13-36(33)30-38)35-25-23-34(24-26-35)40-18-11-19-43-42-17-8-10-21-49(42)55-50(40)43/h2-32H,1H3. The van der Waals surface area contributed by atoms with E-state index in [0.717, 1.165) is 28.1 Å². The van der Waals surface area contributed by atoms with Gasteiger partial charge in [0.1, 0.15) is 0 Å². The Labute approximate surface area is 324 Å². The van der Waals surface area contributed by atoms with Crippen LogP contribution in [0.15, 0.2) is 188 Å². The van der Waals surface area contributed by atoms with E-state index in [0.29, 0.717) is 5.82 Å². The van der Waals surface area contributed by atoms with E-state index in [2.05, 4.69) is 195 Å². The van der Waals surface area contributed by atoms with Gasteiger partial charge in [0.05, 0.1) is 11.4 Å². The predicted molar refractivity (Wildman–Crippen MR) is 232 cm³/mol. The summed E-state index contributed by atoms with van der Waals surface area (Å²) in [6.45, 7) is 2.36. The monoisotopic (exact) mass is 718 g/mol. The normalized spacial score (nSPS) is 14.7. The first-order valence-electron chi connectivity index (χ1n) is 18.8. The second-order valence-corrected chi connectivity index (χ2v) is 15.7. The van der Waals surface area contributed by atoms with Gasteiger partial charge in [-0.1, -0.05) is 164 Å². The van der Waals surface area contributed by atoms with Crippen molar-refractivity contribution in [2.75, 3.05) is 0 Å². The fourth-order valence-electron chi connectivity index (χ4n) is 8.74. The van der Waals surface area contributed by atoms with E-state index < -0.39 is 0 Å². The largest absolute Gasteiger partial charge is 0.228 e. The Morgan fingerprint density at radius 1 is 0.418 bits per heavy atom. The van der Waals surface area contributed by atoms with Crippen LogP contribution in [0.3, 0.4) is 0 Å². The lowest BCUT2D eigenvalue weighted by molar-refractivity contribution is 0.714. The summed E-state index contributed by atoms with van der Waals surface area (Å²) in [4.78, 5) is 10.5. The minimum Gasteiger partial charge on any atom is -0.228 e. The Balaban J connectivity index is 1.06. The zero-order valence-electron chi connectivity index (χ0n) is 30.2. The highest BCUT2D eigenvalue weighted by atomic mass is 32.1. The second kappa shape index (κ2) is 12.4. The Morgan fingerprint density at radius 3 is 1.93 bits per heavy atom. The number of benzene rings is 8. The average molecular weight is 719 g/mol. The molecule has 0 N–H and O–H groups in total. The molecule has 0 saturated heterocycles. The third-order valence-electron chi connectivity index (χ3n) is 11.6. The first kappa shape index (κ1) is 31.8. The van der Waals surface area contributed by atoms with Crippen molar-refractivity contribution in [1.82, 2.24) is 9.97 Å². The molecule has 1 aliphatic rings. The van der Waals surface area contributed by atoms with Crippen molar-refractivity contribution in [1.29, 1.82) is 0 Å². The Morgan fingerprint density at radius 2 is 1.05 bits per heavy atom. The summed E-state index contributed by atoms with van der Waals surface area (Å²) in [5, 5.41) is 4.99. The smallest absolute Gasteiger partial charge is 0.160 e. The van der Waals surface area contributed by atoms with Crippen LogP contribution in [0.1, 0.15) is 23.6 Å². The molecule has 11 rings (SSSR count). The van der Waals surface area contributed by atoms with Gasteiger partial charge in [-0.15, -0.1) is 11.3 Å². The quantitative estimate of drug-likeness (QED) is 0.177. The van der Waals surface area contributed by atoms with Gasteiger partial charge >= 0.3 is 0 Å². The van der Waals surface area contributed by atoms with Crippen LogP contribution in [0.5, 0.6) is 0 Å². The molecule has 0 saturated carbocycles. The molecular weight excluding hydrogens is 685 g/mol. The molecule has 0 radical (unpaired) electrons. The predicted octanol–water partition coefficient (Wildman–Crippen LogP) is 14.0. The maximum Gasteiger partial charge on any atom is 0.160 e. The molecule has 8 aromatic carbocycles. The number of rotatable bonds is 5. The summed E-state index contributed by atoms with van der Waals surface area (Å²) in [6, 6.07) is 68.0. The third kappa shape index (κ3) is 5.08. The molecule has 1 aliphatic carbocycles. The molecular formula is C52H34N2S. The molecule has 0 aliphatic heterocycles. The highest BCUT2D eigenvalue weighted by Crippen LogP contribution is 2.53. The van der Waals surface area contributed by atoms with Crippen LogP contribution in [0, 0.1) is 0 Å². The van der Waals surface area contributed by atoms with E-state index in [1.807, 2.05) is 11.3 Å². The average Bonchev–Trinajstić information content (AvgIpc) is 3.77. The topological polar surface area (TPSA) is 25.8 Å². The number of thiophene rings is 1. The minimum absolute atomic E-state index is 0.249. The molecule has 1 atom stereocenters. The van der Waals surface area contributed by atoms with Gasteiger partial charge in [-0.25, -0.2) is 9.97 Å². The zero-order chi connectivity index (χ0) is 36.5. The Hall–Kier alpha value is -6.68. The fraction of sp³-hybridized carbons (Fsp3) is 0.0385. The van der Waals surface area contributed by atoms with Crippen molar-refractivity contribution in [2.45, 2.75) is 12.3 Å². The maximum absolute atomic E-state index is 5.29. The number of nitrogens with zero attached hydrogens (tertiary/aromatic N) is 2. The molecule has 258 valence electrons. The van der Waals surface area contributed by atoms with Crippen molar-refractivity contribution < 1.29 is 0 Å². The van der Waals surface area contributed by atoms with Crippen LogP contribution >= 0.6 is 11.3 Å². The summed E-state index contributed by atoms with van der Waals surface area (Å²) in [5.41, 5.74) is 13.6. The second-order valence-electron chi connectivity index (χ2n) is 14.7. The zero-order valence-corrected chi connectivity index (χ0v) is 31.0. The van der Waals surface area contributed by atoms with Gasteiger partial charge in [0, 0.05) is 42.3 Å². The van der Waals surface area contributed by atoms with Crippen LogP contribution < -0.4 is 0 Å². The van der Waals surface area contributed by atoms with E-state index in [1.165, 1.54) is 69.9 Å². The van der Waals surface area contributed by atoms with Gasteiger partial charge in [-0.3, -0.25) is 0 Å². The van der Waals surface area contributed by atoms with Crippen LogP contribution in [-0.4, -0.2) is 9.97 Å². The van der Waals surface area contributed by atoms with Crippen molar-refractivity contribution in [3.63, 3.8) is 0 Å². The Bertz CT molecular complexity index is 3110. The van der Waals surface area contributed by atoms with E-state index in [9.17, 15) is 0 Å². The number of hydrogen-bond acceptors (Lipinski definition) is 3. The Kier molecular flexibility index (Phi) is 7.20. The van der Waals surface area contributed by atoms with Gasteiger partial charge in [0.15, 0.2) is 5.82 Å². The molecule has 2 aromatic heterocycles. The first-order chi connectivity index (χ1) is 27.1. The minimum atomic E-state index is -0.249. The lowest BCUT2D eigenvalue weighted by Gasteiger charge is -2.28. The molecule has 10 aromatic rings. The van der Waals surface area contributed by atoms with E-state index in [-0.39, 0.29) is 5.41 Å². The van der Waals surface area contributed by atoms with Crippen molar-refractivity contribution in [2.24, 2.45) is 0 Å². The van der Waals surface area contributed by atoms with Crippen LogP contribution in [-0.2, 0) is 5.41 Å². The molecule has 1 unspecified atom stereocenters. The highest BCUT2D eigenvalue weighted by Gasteiger charge is 2.40. The lowest BCUT2D eigenvalue weighted by atomic mass is 9.74. The van der Waals surface area contributed by atoms with Gasteiger partial charge < -0.3 is 0 Å². The van der Waals surface area contributed by atoms with Crippen LogP contribution in [0.2, 0.25) is 0 Å². The van der Waals surface area contributed by atoms with Crippen molar-refractivity contribution in [3.8, 4) is 56.2 Å². The fourth-order valence-corrected chi connectivity index (χ4v) is 9.98. The lowest BCUT2D eigenvalue weighted by Crippen LogP contribution is -2.22. The molecule has 3 heteroatoms. The number of fused-ring (bicyclic) bond motifs is 7. The van der Waals surface area contributed by atoms with E-state index in [1.54, 1.807) is 0 Å². The summed E-state index contributed by atoms with van der Waals surface area (Å²) in [5.74, 6) is 0.715.